The van der Waals surface area contributed by atoms with Gasteiger partial charge >= 0.3 is 0 Å². The first kappa shape index (κ1) is 19.6. The Labute approximate surface area is 151 Å². The molecule has 6 heteroatoms. The summed E-state index contributed by atoms with van der Waals surface area (Å²) in [5.41, 5.74) is 1.54. The number of carbonyl (C=O) groups excluding carboxylic acids is 1. The van der Waals surface area contributed by atoms with E-state index in [1.54, 1.807) is 17.6 Å². The number of aromatic hydroxyl groups is 1. The van der Waals surface area contributed by atoms with E-state index < -0.39 is 17.4 Å². The number of aromatic nitrogens is 2. The van der Waals surface area contributed by atoms with Crippen molar-refractivity contribution >= 4 is 11.3 Å². The highest BCUT2D eigenvalue weighted by Crippen LogP contribution is 2.24. The Morgan fingerprint density at radius 2 is 1.81 bits per heavy atom. The van der Waals surface area contributed by atoms with E-state index in [2.05, 4.69) is 12.0 Å². The second-order valence-electron chi connectivity index (χ2n) is 6.31. The summed E-state index contributed by atoms with van der Waals surface area (Å²) in [5.74, 6) is -0.821. The number of nitrogens with zero attached hydrogens (tertiary/aromatic N) is 2. The molecule has 0 aliphatic heterocycles. The van der Waals surface area contributed by atoms with Gasteiger partial charge in [-0.3, -0.25) is 4.79 Å². The Kier molecular flexibility index (Phi) is 6.83. The second kappa shape index (κ2) is 9.08. The fourth-order valence-electron chi connectivity index (χ4n) is 2.36. The number of benzene rings is 1. The molecule has 4 rings (SSSR count). The average Bonchev–Trinajstić information content (AvgIpc) is 2.97. The Bertz CT molecular complexity index is 823. The molecule has 1 aromatic carbocycles. The number of ketones is 1. The second-order valence-corrected chi connectivity index (χ2v) is 6.31. The summed E-state index contributed by atoms with van der Waals surface area (Å²) in [4.78, 5) is 11.1. The highest BCUT2D eigenvalue weighted by Gasteiger charge is 2.09. The summed E-state index contributed by atoms with van der Waals surface area (Å²) >= 11 is 0. The quantitative estimate of drug-likeness (QED) is 0.620. The Hall–Kier alpha value is -2.76. The average molecular weight is 360 g/mol. The molecule has 1 N–H and O–H groups in total. The molecule has 0 bridgehead atoms. The number of phenols is 1. The predicted molar refractivity (Wildman–Crippen MR) is 96.2 cm³/mol. The van der Waals surface area contributed by atoms with Crippen LogP contribution in [0.25, 0.3) is 5.52 Å². The van der Waals surface area contributed by atoms with Crippen molar-refractivity contribution in [2.24, 2.45) is 5.92 Å². The zero-order valence-electron chi connectivity index (χ0n) is 14.8. The minimum absolute atomic E-state index is 0.0520. The maximum absolute atomic E-state index is 12.0. The van der Waals surface area contributed by atoms with E-state index in [4.69, 9.17) is 5.11 Å². The number of hydrogen-bond donors (Lipinski definition) is 1. The molecule has 1 aliphatic rings. The van der Waals surface area contributed by atoms with Crippen LogP contribution in [0.2, 0.25) is 0 Å². The molecule has 1 fully saturated rings. The first-order valence-electron chi connectivity index (χ1n) is 8.45. The minimum atomic E-state index is -0.771. The molecule has 0 unspecified atom stereocenters. The summed E-state index contributed by atoms with van der Waals surface area (Å²) < 4.78 is 25.7. The van der Waals surface area contributed by atoms with Gasteiger partial charge in [0.1, 0.15) is 17.4 Å². The molecule has 0 amide bonds. The first-order valence-corrected chi connectivity index (χ1v) is 8.45. The van der Waals surface area contributed by atoms with Crippen molar-refractivity contribution in [3.05, 3.63) is 66.0 Å². The van der Waals surface area contributed by atoms with Crippen molar-refractivity contribution in [3.8, 4) is 5.75 Å². The van der Waals surface area contributed by atoms with Crippen LogP contribution in [0.3, 0.4) is 0 Å². The third-order valence-corrected chi connectivity index (χ3v) is 4.05. The van der Waals surface area contributed by atoms with Crippen LogP contribution in [-0.2, 0) is 0 Å². The van der Waals surface area contributed by atoms with Crippen LogP contribution in [0.5, 0.6) is 5.75 Å². The van der Waals surface area contributed by atoms with E-state index in [0.717, 1.165) is 23.6 Å². The van der Waals surface area contributed by atoms with Crippen molar-refractivity contribution in [1.82, 2.24) is 9.61 Å². The third kappa shape index (κ3) is 5.65. The fraction of sp³-hybridized carbons (Fsp3) is 0.300. The normalized spacial score (nSPS) is 13.1. The number of hydrogen-bond acceptors (Lipinski definition) is 3. The van der Waals surface area contributed by atoms with E-state index in [1.165, 1.54) is 19.3 Å². The fourth-order valence-corrected chi connectivity index (χ4v) is 2.36. The monoisotopic (exact) mass is 360 g/mol. The summed E-state index contributed by atoms with van der Waals surface area (Å²) in [5, 5.41) is 12.5. The molecule has 0 radical (unpaired) electrons. The molecular formula is C20H22F2N2O2. The van der Waals surface area contributed by atoms with Gasteiger partial charge in [-0.2, -0.15) is 5.10 Å². The molecule has 2 heterocycles. The Morgan fingerprint density at radius 3 is 2.27 bits per heavy atom. The van der Waals surface area contributed by atoms with Crippen molar-refractivity contribution in [2.75, 3.05) is 0 Å². The molecule has 0 spiro atoms. The van der Waals surface area contributed by atoms with Crippen molar-refractivity contribution in [1.29, 1.82) is 0 Å². The van der Waals surface area contributed by atoms with Gasteiger partial charge in [-0.25, -0.2) is 13.3 Å². The van der Waals surface area contributed by atoms with E-state index in [1.807, 2.05) is 24.4 Å². The highest BCUT2D eigenvalue weighted by atomic mass is 19.1. The van der Waals surface area contributed by atoms with Crippen LogP contribution in [0.1, 0.15) is 43.5 Å². The van der Waals surface area contributed by atoms with Crippen molar-refractivity contribution in [3.63, 3.8) is 0 Å². The highest BCUT2D eigenvalue weighted by molar-refractivity contribution is 6.00. The lowest BCUT2D eigenvalue weighted by Gasteiger charge is -2.18. The van der Waals surface area contributed by atoms with E-state index in [-0.39, 0.29) is 5.78 Å². The lowest BCUT2D eigenvalue weighted by molar-refractivity contribution is 0.101. The van der Waals surface area contributed by atoms with E-state index >= 15 is 0 Å². The van der Waals surface area contributed by atoms with Gasteiger partial charge in [0.05, 0.1) is 17.3 Å². The molecular weight excluding hydrogens is 338 g/mol. The lowest BCUT2D eigenvalue weighted by atomic mass is 9.88. The number of rotatable bonds is 1. The molecule has 1 saturated carbocycles. The molecule has 2 aromatic heterocycles. The van der Waals surface area contributed by atoms with Crippen LogP contribution in [0, 0.1) is 17.6 Å². The largest absolute Gasteiger partial charge is 0.508 e. The van der Waals surface area contributed by atoms with Crippen LogP contribution in [0.4, 0.5) is 8.78 Å². The Morgan fingerprint density at radius 1 is 1.19 bits per heavy atom. The topological polar surface area (TPSA) is 54.6 Å². The summed E-state index contributed by atoms with van der Waals surface area (Å²) in [6.07, 6.45) is 7.88. The van der Waals surface area contributed by atoms with Gasteiger partial charge in [-0.05, 0) is 25.0 Å². The van der Waals surface area contributed by atoms with Crippen LogP contribution in [0.15, 0.2) is 48.8 Å². The molecule has 4 nitrogen and oxygen atoms in total. The molecule has 0 saturated heterocycles. The molecule has 3 aromatic rings. The zero-order chi connectivity index (χ0) is 19.1. The third-order valence-electron chi connectivity index (χ3n) is 4.05. The maximum Gasteiger partial charge on any atom is 0.163 e. The smallest absolute Gasteiger partial charge is 0.163 e. The van der Waals surface area contributed by atoms with Gasteiger partial charge in [-0.15, -0.1) is 0 Å². The first-order chi connectivity index (χ1) is 12.4. The van der Waals surface area contributed by atoms with Crippen LogP contribution >= 0.6 is 0 Å². The summed E-state index contributed by atoms with van der Waals surface area (Å²) in [7, 11) is 0. The van der Waals surface area contributed by atoms with Gasteiger partial charge in [0, 0.05) is 24.4 Å². The van der Waals surface area contributed by atoms with Gasteiger partial charge in [0.25, 0.3) is 0 Å². The van der Waals surface area contributed by atoms with Gasteiger partial charge in [-0.1, -0.05) is 32.3 Å². The maximum atomic E-state index is 12.0. The number of halogens is 2. The number of fused-ring (bicyclic) bond motifs is 1. The van der Waals surface area contributed by atoms with Gasteiger partial charge in [0.2, 0.25) is 0 Å². The van der Waals surface area contributed by atoms with E-state index in [0.29, 0.717) is 11.6 Å². The predicted octanol–water partition coefficient (Wildman–Crippen LogP) is 5.01. The molecule has 26 heavy (non-hydrogen) atoms. The number of Topliss-reactive ketones (excluding diaryl/α,β-unsaturated/α-hetero) is 1. The zero-order valence-corrected chi connectivity index (χ0v) is 14.8. The van der Waals surface area contributed by atoms with Crippen molar-refractivity contribution in [2.45, 2.75) is 33.1 Å². The van der Waals surface area contributed by atoms with E-state index in [9.17, 15) is 13.6 Å². The Balaban J connectivity index is 0.000000153. The standard InChI is InChI=1S/C9H8N2O.C6H4F2O.C5H10/c1-7(12)8-6-10-11-5-3-2-4-9(8)11;7-4-1-5(8)3-6(9)2-4;1-5-3-2-4-5/h2-6H,1H3;1-3,9H;5H,2-4H2,1H3. The molecule has 138 valence electrons. The number of phenolic OH excluding ortho intramolecular Hbond substituents is 1. The van der Waals surface area contributed by atoms with Crippen molar-refractivity contribution < 1.29 is 18.7 Å². The van der Waals surface area contributed by atoms with Gasteiger partial charge in [0.15, 0.2) is 5.78 Å². The molecule has 1 aliphatic carbocycles. The summed E-state index contributed by atoms with van der Waals surface area (Å²) in [6.45, 7) is 3.85. The van der Waals surface area contributed by atoms with Crippen LogP contribution in [-0.4, -0.2) is 20.5 Å². The lowest BCUT2D eigenvalue weighted by Crippen LogP contribution is -2.04. The number of carbonyl (C=O) groups is 1. The van der Waals surface area contributed by atoms with Gasteiger partial charge < -0.3 is 5.11 Å². The minimum Gasteiger partial charge on any atom is -0.508 e. The number of pyridine rings is 1. The molecule has 0 atom stereocenters. The van der Waals surface area contributed by atoms with Crippen LogP contribution < -0.4 is 0 Å². The summed E-state index contributed by atoms with van der Waals surface area (Å²) in [6, 6.07) is 8.02. The SMILES string of the molecule is CC(=O)c1cnn2ccccc12.CC1CCC1.Oc1cc(F)cc(F)c1.